The summed E-state index contributed by atoms with van der Waals surface area (Å²) >= 11 is 1.15. The van der Waals surface area contributed by atoms with Crippen molar-refractivity contribution in [3.63, 3.8) is 0 Å². The Morgan fingerprint density at radius 2 is 1.53 bits per heavy atom. The Hall–Kier alpha value is -2.59. The van der Waals surface area contributed by atoms with E-state index in [1.807, 2.05) is 6.07 Å². The molecule has 30 heavy (non-hydrogen) atoms. The Kier molecular flexibility index (Phi) is 8.24. The van der Waals surface area contributed by atoms with Crippen LogP contribution in [0.1, 0.15) is 27.7 Å². The van der Waals surface area contributed by atoms with Gasteiger partial charge in [-0.15, -0.1) is 0 Å². The summed E-state index contributed by atoms with van der Waals surface area (Å²) < 4.78 is 27.3. The normalized spacial score (nSPS) is 25.7. The highest BCUT2D eigenvalue weighted by Crippen LogP contribution is 2.44. The van der Waals surface area contributed by atoms with E-state index in [9.17, 15) is 19.2 Å². The molecule has 1 fully saturated rings. The van der Waals surface area contributed by atoms with Crippen LogP contribution < -0.4 is 0 Å². The lowest BCUT2D eigenvalue weighted by atomic mass is 9.98. The zero-order chi connectivity index (χ0) is 22.3. The summed E-state index contributed by atoms with van der Waals surface area (Å²) in [5.41, 5.74) is 0. The van der Waals surface area contributed by atoms with Gasteiger partial charge in [0.15, 0.2) is 23.2 Å². The van der Waals surface area contributed by atoms with Crippen molar-refractivity contribution in [3.8, 4) is 0 Å². The van der Waals surface area contributed by atoms with Gasteiger partial charge in [0, 0.05) is 32.6 Å². The van der Waals surface area contributed by atoms with Gasteiger partial charge in [0.25, 0.3) is 0 Å². The molecule has 1 aliphatic rings. The summed E-state index contributed by atoms with van der Waals surface area (Å²) in [7, 11) is 0. The van der Waals surface area contributed by atoms with Gasteiger partial charge in [-0.2, -0.15) is 0 Å². The third-order valence-corrected chi connectivity index (χ3v) is 5.33. The molecule has 0 unspecified atom stereocenters. The van der Waals surface area contributed by atoms with E-state index in [1.54, 1.807) is 24.3 Å². The maximum Gasteiger partial charge on any atom is 0.303 e. The predicted molar refractivity (Wildman–Crippen MR) is 104 cm³/mol. The molecule has 0 aromatic heterocycles. The first-order valence-corrected chi connectivity index (χ1v) is 9.97. The number of benzene rings is 1. The van der Waals surface area contributed by atoms with Gasteiger partial charge < -0.3 is 23.7 Å². The maximum atomic E-state index is 11.9. The largest absolute Gasteiger partial charge is 0.462 e. The molecule has 4 atom stereocenters. The number of ether oxygens (including phenoxy) is 5. The number of esters is 4. The maximum absolute atomic E-state index is 11.9. The molecule has 1 aliphatic heterocycles. The van der Waals surface area contributed by atoms with Crippen LogP contribution in [0.4, 0.5) is 0 Å². The first-order valence-electron chi connectivity index (χ1n) is 9.16. The summed E-state index contributed by atoms with van der Waals surface area (Å²) in [5, 5.41) is 0. The standard InChI is InChI=1S/C20H24O9S/c1-12(21)25-11-20(30-16-8-6-5-7-9-16)19(29-15(4)24)18(28-14(3)23)17(10-26-20)27-13(2)22/h5-9,17-19H,10-11H2,1-4H3/t17-,18-,19+,20+/m1/s1. The van der Waals surface area contributed by atoms with E-state index in [4.69, 9.17) is 23.7 Å². The van der Waals surface area contributed by atoms with Crippen molar-refractivity contribution in [1.29, 1.82) is 0 Å². The quantitative estimate of drug-likeness (QED) is 0.460. The molecule has 0 bridgehead atoms. The van der Waals surface area contributed by atoms with Crippen molar-refractivity contribution in [1.82, 2.24) is 0 Å². The Morgan fingerprint density at radius 3 is 2.07 bits per heavy atom. The highest BCUT2D eigenvalue weighted by Gasteiger charge is 2.57. The van der Waals surface area contributed by atoms with Crippen molar-refractivity contribution < 1.29 is 42.9 Å². The Morgan fingerprint density at radius 1 is 0.933 bits per heavy atom. The predicted octanol–water partition coefficient (Wildman–Crippen LogP) is 1.86. The zero-order valence-corrected chi connectivity index (χ0v) is 17.9. The molecule has 0 amide bonds. The van der Waals surface area contributed by atoms with Crippen LogP contribution in [-0.4, -0.2) is 60.3 Å². The monoisotopic (exact) mass is 440 g/mol. The second-order valence-corrected chi connectivity index (χ2v) is 7.94. The van der Waals surface area contributed by atoms with Crippen LogP contribution in [0.15, 0.2) is 35.2 Å². The SMILES string of the molecule is CC(=O)OC[C@@]1(Sc2ccccc2)OC[C@@H](OC(C)=O)[C@@H](OC(C)=O)[C@@H]1OC(C)=O. The van der Waals surface area contributed by atoms with Gasteiger partial charge in [0.05, 0.1) is 6.61 Å². The molecular weight excluding hydrogens is 416 g/mol. The van der Waals surface area contributed by atoms with Crippen LogP contribution in [0.25, 0.3) is 0 Å². The minimum absolute atomic E-state index is 0.170. The van der Waals surface area contributed by atoms with Crippen LogP contribution in [0, 0.1) is 0 Å². The number of carbonyl (C=O) groups excluding carboxylic acids is 4. The first kappa shape index (κ1) is 23.7. The number of rotatable bonds is 7. The van der Waals surface area contributed by atoms with Crippen molar-refractivity contribution in [2.45, 2.75) is 55.8 Å². The molecule has 1 aromatic carbocycles. The minimum atomic E-state index is -1.45. The first-order chi connectivity index (χ1) is 14.1. The van der Waals surface area contributed by atoms with Gasteiger partial charge in [-0.25, -0.2) is 0 Å². The fourth-order valence-corrected chi connectivity index (χ4v) is 4.19. The molecule has 0 saturated carbocycles. The molecule has 10 heteroatoms. The lowest BCUT2D eigenvalue weighted by molar-refractivity contribution is -0.240. The summed E-state index contributed by atoms with van der Waals surface area (Å²) in [6, 6.07) is 9.03. The Bertz CT molecular complexity index is 782. The van der Waals surface area contributed by atoms with Crippen LogP contribution in [0.5, 0.6) is 0 Å². The lowest BCUT2D eigenvalue weighted by Gasteiger charge is -2.47. The van der Waals surface area contributed by atoms with E-state index in [2.05, 4.69) is 0 Å². The second-order valence-electron chi connectivity index (χ2n) is 6.57. The molecule has 164 valence electrons. The number of carbonyl (C=O) groups is 4. The van der Waals surface area contributed by atoms with Gasteiger partial charge in [0.2, 0.25) is 0 Å². The van der Waals surface area contributed by atoms with Crippen molar-refractivity contribution in [2.75, 3.05) is 13.2 Å². The van der Waals surface area contributed by atoms with E-state index in [0.29, 0.717) is 0 Å². The summed E-state index contributed by atoms with van der Waals surface area (Å²) in [6.45, 7) is 4.33. The molecule has 1 heterocycles. The van der Waals surface area contributed by atoms with E-state index < -0.39 is 47.1 Å². The van der Waals surface area contributed by atoms with Gasteiger partial charge in [-0.3, -0.25) is 19.2 Å². The average Bonchev–Trinajstić information content (AvgIpc) is 2.65. The van der Waals surface area contributed by atoms with Crippen LogP contribution >= 0.6 is 11.8 Å². The van der Waals surface area contributed by atoms with E-state index in [-0.39, 0.29) is 13.2 Å². The summed E-state index contributed by atoms with van der Waals surface area (Å²) in [4.78, 5) is 46.0. The van der Waals surface area contributed by atoms with Gasteiger partial charge in [-0.1, -0.05) is 30.0 Å². The van der Waals surface area contributed by atoms with Crippen molar-refractivity contribution in [2.24, 2.45) is 0 Å². The fourth-order valence-electron chi connectivity index (χ4n) is 2.96. The molecule has 0 radical (unpaired) electrons. The lowest BCUT2D eigenvalue weighted by Crippen LogP contribution is -2.64. The van der Waals surface area contributed by atoms with Crippen LogP contribution in [0.2, 0.25) is 0 Å². The number of hydrogen-bond donors (Lipinski definition) is 0. The van der Waals surface area contributed by atoms with Crippen molar-refractivity contribution >= 4 is 35.6 Å². The minimum Gasteiger partial charge on any atom is -0.462 e. The molecule has 0 spiro atoms. The topological polar surface area (TPSA) is 114 Å². The molecule has 9 nitrogen and oxygen atoms in total. The summed E-state index contributed by atoms with van der Waals surface area (Å²) in [5.74, 6) is -2.53. The van der Waals surface area contributed by atoms with E-state index in [0.717, 1.165) is 16.7 Å². The molecule has 0 aliphatic carbocycles. The van der Waals surface area contributed by atoms with E-state index >= 15 is 0 Å². The number of hydrogen-bond acceptors (Lipinski definition) is 10. The molecule has 1 saturated heterocycles. The zero-order valence-electron chi connectivity index (χ0n) is 17.1. The van der Waals surface area contributed by atoms with Crippen molar-refractivity contribution in [3.05, 3.63) is 30.3 Å². The molecule has 2 rings (SSSR count). The van der Waals surface area contributed by atoms with Gasteiger partial charge in [-0.05, 0) is 12.1 Å². The fraction of sp³-hybridized carbons (Fsp3) is 0.500. The second kappa shape index (κ2) is 10.4. The third-order valence-electron chi connectivity index (χ3n) is 4.01. The molecule has 0 N–H and O–H groups in total. The van der Waals surface area contributed by atoms with E-state index in [1.165, 1.54) is 27.7 Å². The van der Waals surface area contributed by atoms with Gasteiger partial charge >= 0.3 is 23.9 Å². The smallest absolute Gasteiger partial charge is 0.303 e. The van der Waals surface area contributed by atoms with Crippen LogP contribution in [0.3, 0.4) is 0 Å². The summed E-state index contributed by atoms with van der Waals surface area (Å²) in [6.07, 6.45) is -3.42. The Balaban J connectivity index is 2.51. The third kappa shape index (κ3) is 6.46. The highest BCUT2D eigenvalue weighted by atomic mass is 32.2. The van der Waals surface area contributed by atoms with Crippen LogP contribution in [-0.2, 0) is 42.9 Å². The van der Waals surface area contributed by atoms with Gasteiger partial charge in [0.1, 0.15) is 6.61 Å². The average molecular weight is 440 g/mol. The highest BCUT2D eigenvalue weighted by molar-refractivity contribution is 8.00. The molecule has 1 aromatic rings. The molecular formula is C20H24O9S. The Labute approximate surface area is 178 Å². The number of thioether (sulfide) groups is 1.